The third-order valence-electron chi connectivity index (χ3n) is 5.62. The van der Waals surface area contributed by atoms with Crippen LogP contribution in [0.2, 0.25) is 0 Å². The summed E-state index contributed by atoms with van der Waals surface area (Å²) >= 11 is 0. The smallest absolute Gasteiger partial charge is 0.194 e. The van der Waals surface area contributed by atoms with E-state index < -0.39 is 0 Å². The second-order valence-corrected chi connectivity index (χ2v) is 7.84. The lowest BCUT2D eigenvalue weighted by Gasteiger charge is -2.36. The molecule has 0 unspecified atom stereocenters. The SMILES string of the molecule is CCNC(=NCCCCn1ccnc1C)N1CCN(Cc2ccc(OC)c(F)c2)CC1.I. The average molecular weight is 558 g/mol. The molecular formula is C23H36FIN6O. The molecule has 1 aliphatic heterocycles. The summed E-state index contributed by atoms with van der Waals surface area (Å²) in [5.74, 6) is 2.05. The van der Waals surface area contributed by atoms with Gasteiger partial charge in [0.2, 0.25) is 0 Å². The fourth-order valence-corrected chi connectivity index (χ4v) is 3.83. The van der Waals surface area contributed by atoms with Crippen LogP contribution in [0.5, 0.6) is 5.75 Å². The van der Waals surface area contributed by atoms with E-state index in [2.05, 4.69) is 31.6 Å². The number of ether oxygens (including phenoxy) is 1. The number of guanidine groups is 1. The molecule has 0 amide bonds. The Kier molecular flexibility index (Phi) is 11.2. The number of hydrogen-bond acceptors (Lipinski definition) is 4. The molecule has 1 saturated heterocycles. The summed E-state index contributed by atoms with van der Waals surface area (Å²) in [6, 6.07) is 5.21. The van der Waals surface area contributed by atoms with E-state index >= 15 is 0 Å². The van der Waals surface area contributed by atoms with Crippen molar-refractivity contribution in [3.63, 3.8) is 0 Å². The van der Waals surface area contributed by atoms with Crippen molar-refractivity contribution < 1.29 is 9.13 Å². The van der Waals surface area contributed by atoms with Crippen molar-refractivity contribution >= 4 is 29.9 Å². The highest BCUT2D eigenvalue weighted by Crippen LogP contribution is 2.19. The molecule has 3 rings (SSSR count). The number of aliphatic imine (C=N–C) groups is 1. The maximum Gasteiger partial charge on any atom is 0.194 e. The van der Waals surface area contributed by atoms with Crippen molar-refractivity contribution in [2.75, 3.05) is 46.4 Å². The zero-order valence-corrected chi connectivity index (χ0v) is 21.7. The molecule has 32 heavy (non-hydrogen) atoms. The van der Waals surface area contributed by atoms with Gasteiger partial charge in [-0.1, -0.05) is 6.07 Å². The first-order valence-electron chi connectivity index (χ1n) is 11.2. The summed E-state index contributed by atoms with van der Waals surface area (Å²) in [7, 11) is 1.49. The molecule has 0 bridgehead atoms. The number of unbranched alkanes of at least 4 members (excludes halogenated alkanes) is 1. The van der Waals surface area contributed by atoms with Gasteiger partial charge in [-0.2, -0.15) is 0 Å². The topological polar surface area (TPSA) is 57.9 Å². The Hall–Kier alpha value is -1.88. The van der Waals surface area contributed by atoms with Crippen LogP contribution in [0.25, 0.3) is 0 Å². The molecule has 7 nitrogen and oxygen atoms in total. The summed E-state index contributed by atoms with van der Waals surface area (Å²) in [6.07, 6.45) is 6.02. The number of imidazole rings is 1. The van der Waals surface area contributed by atoms with Crippen molar-refractivity contribution in [2.45, 2.75) is 39.8 Å². The molecule has 178 valence electrons. The van der Waals surface area contributed by atoms with E-state index in [0.29, 0.717) is 5.75 Å². The van der Waals surface area contributed by atoms with Gasteiger partial charge in [-0.25, -0.2) is 9.37 Å². The second kappa shape index (κ2) is 13.6. The highest BCUT2D eigenvalue weighted by Gasteiger charge is 2.20. The summed E-state index contributed by atoms with van der Waals surface area (Å²) < 4.78 is 21.1. The maximum absolute atomic E-state index is 13.9. The van der Waals surface area contributed by atoms with E-state index in [4.69, 9.17) is 9.73 Å². The molecule has 0 spiro atoms. The molecule has 1 aromatic carbocycles. The molecule has 0 saturated carbocycles. The van der Waals surface area contributed by atoms with Gasteiger partial charge >= 0.3 is 0 Å². The third kappa shape index (κ3) is 7.61. The van der Waals surface area contributed by atoms with Crippen LogP contribution < -0.4 is 10.1 Å². The molecule has 1 aliphatic rings. The van der Waals surface area contributed by atoms with Gasteiger partial charge in [-0.3, -0.25) is 9.89 Å². The zero-order valence-electron chi connectivity index (χ0n) is 19.4. The average Bonchev–Trinajstić information content (AvgIpc) is 3.18. The Morgan fingerprint density at radius 2 is 2.00 bits per heavy atom. The molecule has 0 radical (unpaired) electrons. The summed E-state index contributed by atoms with van der Waals surface area (Å²) in [6.45, 7) is 11.2. The fourth-order valence-electron chi connectivity index (χ4n) is 3.83. The van der Waals surface area contributed by atoms with E-state index in [1.807, 2.05) is 25.4 Å². The lowest BCUT2D eigenvalue weighted by molar-refractivity contribution is 0.172. The van der Waals surface area contributed by atoms with E-state index in [1.165, 1.54) is 7.11 Å². The van der Waals surface area contributed by atoms with Crippen LogP contribution in [0.3, 0.4) is 0 Å². The predicted molar refractivity (Wildman–Crippen MR) is 137 cm³/mol. The molecule has 2 heterocycles. The number of nitrogens with zero attached hydrogens (tertiary/aromatic N) is 5. The van der Waals surface area contributed by atoms with Crippen molar-refractivity contribution in [1.82, 2.24) is 24.7 Å². The number of halogens is 2. The lowest BCUT2D eigenvalue weighted by atomic mass is 10.2. The van der Waals surface area contributed by atoms with Crippen molar-refractivity contribution in [2.24, 2.45) is 4.99 Å². The van der Waals surface area contributed by atoms with E-state index in [1.54, 1.807) is 12.1 Å². The Morgan fingerprint density at radius 1 is 1.22 bits per heavy atom. The molecule has 0 atom stereocenters. The predicted octanol–water partition coefficient (Wildman–Crippen LogP) is 3.52. The molecule has 2 aromatic rings. The normalized spacial score (nSPS) is 14.9. The van der Waals surface area contributed by atoms with Crippen molar-refractivity contribution in [3.8, 4) is 5.75 Å². The lowest BCUT2D eigenvalue weighted by Crippen LogP contribution is -2.52. The summed E-state index contributed by atoms with van der Waals surface area (Å²) in [5, 5.41) is 3.43. The van der Waals surface area contributed by atoms with Crippen LogP contribution >= 0.6 is 24.0 Å². The molecular weight excluding hydrogens is 522 g/mol. The number of piperazine rings is 1. The van der Waals surface area contributed by atoms with Gasteiger partial charge in [-0.05, 0) is 44.4 Å². The minimum absolute atomic E-state index is 0. The second-order valence-electron chi connectivity index (χ2n) is 7.84. The number of aryl methyl sites for hydroxylation is 2. The van der Waals surface area contributed by atoms with Gasteiger partial charge in [0, 0.05) is 64.8 Å². The molecule has 9 heteroatoms. The van der Waals surface area contributed by atoms with Gasteiger partial charge in [0.05, 0.1) is 7.11 Å². The molecule has 1 fully saturated rings. The fraction of sp³-hybridized carbons (Fsp3) is 0.565. The van der Waals surface area contributed by atoms with Crippen molar-refractivity contribution in [1.29, 1.82) is 0 Å². The van der Waals surface area contributed by atoms with Gasteiger partial charge in [0.1, 0.15) is 5.82 Å². The summed E-state index contributed by atoms with van der Waals surface area (Å²) in [5.41, 5.74) is 0.973. The zero-order chi connectivity index (χ0) is 22.1. The highest BCUT2D eigenvalue weighted by atomic mass is 127. The first-order valence-corrected chi connectivity index (χ1v) is 11.2. The Labute approximate surface area is 208 Å². The largest absolute Gasteiger partial charge is 0.494 e. The monoisotopic (exact) mass is 558 g/mol. The molecule has 0 aliphatic carbocycles. The number of methoxy groups -OCH3 is 1. The summed E-state index contributed by atoms with van der Waals surface area (Å²) in [4.78, 5) is 13.8. The van der Waals surface area contributed by atoms with Gasteiger partial charge < -0.3 is 19.5 Å². The molecule has 1 aromatic heterocycles. The van der Waals surface area contributed by atoms with E-state index in [-0.39, 0.29) is 29.8 Å². The quantitative estimate of drug-likeness (QED) is 0.221. The van der Waals surface area contributed by atoms with Crippen LogP contribution in [0, 0.1) is 12.7 Å². The highest BCUT2D eigenvalue weighted by molar-refractivity contribution is 14.0. The number of aromatic nitrogens is 2. The van der Waals surface area contributed by atoms with Crippen LogP contribution in [-0.4, -0.2) is 71.7 Å². The van der Waals surface area contributed by atoms with Crippen LogP contribution in [0.4, 0.5) is 4.39 Å². The van der Waals surface area contributed by atoms with Gasteiger partial charge in [-0.15, -0.1) is 24.0 Å². The van der Waals surface area contributed by atoms with Crippen molar-refractivity contribution in [3.05, 3.63) is 47.8 Å². The standard InChI is InChI=1S/C23H35FN6O.HI/c1-4-25-23(27-9-5-6-11-29-12-10-26-19(29)2)30-15-13-28(14-16-30)18-20-7-8-22(31-3)21(24)17-20;/h7-8,10,12,17H,4-6,9,11,13-16,18H2,1-3H3,(H,25,27);1H. The minimum atomic E-state index is -0.302. The number of hydrogen-bond donors (Lipinski definition) is 1. The first kappa shape index (κ1) is 26.4. The van der Waals surface area contributed by atoms with Gasteiger partial charge in [0.25, 0.3) is 0 Å². The van der Waals surface area contributed by atoms with Crippen LogP contribution in [-0.2, 0) is 13.1 Å². The Morgan fingerprint density at radius 3 is 2.62 bits per heavy atom. The van der Waals surface area contributed by atoms with Gasteiger partial charge in [0.15, 0.2) is 17.5 Å². The Bertz CT molecular complexity index is 851. The number of nitrogens with one attached hydrogen (secondary N) is 1. The Balaban J connectivity index is 0.00000363. The van der Waals surface area contributed by atoms with Crippen LogP contribution in [0.1, 0.15) is 31.2 Å². The maximum atomic E-state index is 13.9. The van der Waals surface area contributed by atoms with E-state index in [0.717, 1.165) is 82.5 Å². The number of rotatable bonds is 9. The minimum Gasteiger partial charge on any atom is -0.494 e. The number of benzene rings is 1. The van der Waals surface area contributed by atoms with Crippen LogP contribution in [0.15, 0.2) is 35.6 Å². The molecule has 1 N–H and O–H groups in total. The third-order valence-corrected chi connectivity index (χ3v) is 5.62. The first-order chi connectivity index (χ1) is 15.1. The van der Waals surface area contributed by atoms with E-state index in [9.17, 15) is 4.39 Å².